The molecule has 4 nitrogen and oxygen atoms in total. The SMILES string of the molecule is CCOC(=O)CN1C[C@@]2(C[C@@H]2F)c2c(ccc(Br)c2F)C1=O. The minimum Gasteiger partial charge on any atom is -0.465 e. The van der Waals surface area contributed by atoms with Crippen molar-refractivity contribution in [2.75, 3.05) is 19.7 Å². The van der Waals surface area contributed by atoms with E-state index in [0.29, 0.717) is 0 Å². The van der Waals surface area contributed by atoms with Crippen molar-refractivity contribution in [3.05, 3.63) is 33.5 Å². The number of ether oxygens (including phenoxy) is 1. The third kappa shape index (κ3) is 2.22. The topological polar surface area (TPSA) is 46.6 Å². The van der Waals surface area contributed by atoms with Gasteiger partial charge in [-0.25, -0.2) is 8.78 Å². The molecular formula is C15H14BrF2NO3. The normalized spacial score (nSPS) is 26.1. The molecule has 0 radical (unpaired) electrons. The van der Waals surface area contributed by atoms with Gasteiger partial charge >= 0.3 is 5.97 Å². The first-order valence-electron chi connectivity index (χ1n) is 6.98. The molecule has 1 aliphatic carbocycles. The highest BCUT2D eigenvalue weighted by Crippen LogP contribution is 2.55. The zero-order valence-corrected chi connectivity index (χ0v) is 13.5. The average Bonchev–Trinajstić information content (AvgIpc) is 3.09. The van der Waals surface area contributed by atoms with E-state index in [1.54, 1.807) is 6.92 Å². The molecule has 2 aliphatic rings. The van der Waals surface area contributed by atoms with Crippen LogP contribution in [0.5, 0.6) is 0 Å². The fraction of sp³-hybridized carbons (Fsp3) is 0.467. The maximum Gasteiger partial charge on any atom is 0.325 e. The highest BCUT2D eigenvalue weighted by atomic mass is 79.9. The summed E-state index contributed by atoms with van der Waals surface area (Å²) in [6, 6.07) is 2.89. The van der Waals surface area contributed by atoms with Crippen LogP contribution < -0.4 is 0 Å². The zero-order chi connectivity index (χ0) is 16.1. The summed E-state index contributed by atoms with van der Waals surface area (Å²) in [5.74, 6) is -1.62. The minimum atomic E-state index is -1.21. The molecule has 0 saturated heterocycles. The van der Waals surface area contributed by atoms with E-state index in [4.69, 9.17) is 4.74 Å². The molecule has 2 atom stereocenters. The molecule has 7 heteroatoms. The number of benzene rings is 1. The number of hydrogen-bond donors (Lipinski definition) is 0. The lowest BCUT2D eigenvalue weighted by atomic mass is 9.85. The predicted molar refractivity (Wildman–Crippen MR) is 77.8 cm³/mol. The number of esters is 1. The molecule has 1 heterocycles. The van der Waals surface area contributed by atoms with Crippen LogP contribution in [0.4, 0.5) is 8.78 Å². The summed E-state index contributed by atoms with van der Waals surface area (Å²) in [5.41, 5.74) is -0.792. The summed E-state index contributed by atoms with van der Waals surface area (Å²) >= 11 is 3.07. The lowest BCUT2D eigenvalue weighted by Crippen LogP contribution is -2.47. The summed E-state index contributed by atoms with van der Waals surface area (Å²) in [5, 5.41) is 0. The third-order valence-corrected chi connectivity index (χ3v) is 4.80. The minimum absolute atomic E-state index is 0.00775. The van der Waals surface area contributed by atoms with Gasteiger partial charge in [-0.15, -0.1) is 0 Å². The van der Waals surface area contributed by atoms with Gasteiger partial charge in [0.05, 0.1) is 16.5 Å². The van der Waals surface area contributed by atoms with Crippen molar-refractivity contribution in [3.63, 3.8) is 0 Å². The quantitative estimate of drug-likeness (QED) is 0.765. The first kappa shape index (κ1) is 15.4. The number of alkyl halides is 1. The molecule has 0 bridgehead atoms. The number of halogens is 3. The molecule has 0 aromatic heterocycles. The van der Waals surface area contributed by atoms with Gasteiger partial charge in [0, 0.05) is 17.7 Å². The second-order valence-corrected chi connectivity index (χ2v) is 6.43. The molecule has 1 aromatic carbocycles. The highest BCUT2D eigenvalue weighted by Gasteiger charge is 2.62. The van der Waals surface area contributed by atoms with Crippen molar-refractivity contribution in [2.24, 2.45) is 0 Å². The molecule has 1 amide bonds. The van der Waals surface area contributed by atoms with Crippen LogP contribution in [0.15, 0.2) is 16.6 Å². The van der Waals surface area contributed by atoms with Crippen molar-refractivity contribution >= 4 is 27.8 Å². The van der Waals surface area contributed by atoms with Crippen molar-refractivity contribution in [1.82, 2.24) is 4.90 Å². The monoisotopic (exact) mass is 373 g/mol. The lowest BCUT2D eigenvalue weighted by molar-refractivity contribution is -0.144. The van der Waals surface area contributed by atoms with Gasteiger partial charge in [0.25, 0.3) is 5.91 Å². The standard InChI is InChI=1S/C15H14BrF2NO3/c1-2-22-11(20)6-19-7-15(5-10(15)17)12-8(14(19)21)3-4-9(16)13(12)18/h3-4,10H,2,5-7H2,1H3/t10-,15+/m0/s1. The second kappa shape index (κ2) is 5.30. The van der Waals surface area contributed by atoms with Crippen LogP contribution in [0.1, 0.15) is 29.3 Å². The average molecular weight is 374 g/mol. The first-order valence-corrected chi connectivity index (χ1v) is 7.77. The first-order chi connectivity index (χ1) is 10.4. The summed E-state index contributed by atoms with van der Waals surface area (Å²) in [4.78, 5) is 25.3. The Balaban J connectivity index is 2.00. The van der Waals surface area contributed by atoms with Gasteiger partial charge in [-0.3, -0.25) is 9.59 Å². The maximum atomic E-state index is 14.4. The van der Waals surface area contributed by atoms with E-state index in [1.165, 1.54) is 17.0 Å². The Morgan fingerprint density at radius 3 is 2.82 bits per heavy atom. The molecule has 1 aliphatic heterocycles. The molecule has 3 rings (SSSR count). The Hall–Kier alpha value is -1.50. The van der Waals surface area contributed by atoms with E-state index in [9.17, 15) is 18.4 Å². The van der Waals surface area contributed by atoms with Gasteiger partial charge in [0.2, 0.25) is 0 Å². The number of carbonyl (C=O) groups excluding carboxylic acids is 2. The number of carbonyl (C=O) groups is 2. The molecule has 118 valence electrons. The van der Waals surface area contributed by atoms with E-state index in [0.717, 1.165) is 0 Å². The van der Waals surface area contributed by atoms with Crippen LogP contribution >= 0.6 is 15.9 Å². The van der Waals surface area contributed by atoms with E-state index in [2.05, 4.69) is 15.9 Å². The van der Waals surface area contributed by atoms with Crippen LogP contribution in [-0.4, -0.2) is 42.6 Å². The molecule has 1 fully saturated rings. The zero-order valence-electron chi connectivity index (χ0n) is 11.9. The van der Waals surface area contributed by atoms with Gasteiger partial charge in [0.15, 0.2) is 0 Å². The van der Waals surface area contributed by atoms with Gasteiger partial charge in [-0.05, 0) is 41.4 Å². The van der Waals surface area contributed by atoms with Gasteiger partial charge in [-0.2, -0.15) is 0 Å². The van der Waals surface area contributed by atoms with E-state index < -0.39 is 29.3 Å². The summed E-state index contributed by atoms with van der Waals surface area (Å²) in [6.45, 7) is 1.61. The Kier molecular flexibility index (Phi) is 3.71. The Morgan fingerprint density at radius 2 is 2.23 bits per heavy atom. The van der Waals surface area contributed by atoms with Crippen molar-refractivity contribution in [2.45, 2.75) is 24.9 Å². The number of fused-ring (bicyclic) bond motifs is 2. The fourth-order valence-electron chi connectivity index (χ4n) is 3.05. The summed E-state index contributed by atoms with van der Waals surface area (Å²) in [7, 11) is 0. The molecule has 0 unspecified atom stereocenters. The Bertz CT molecular complexity index is 666. The third-order valence-electron chi connectivity index (χ3n) is 4.19. The number of nitrogens with zero attached hydrogens (tertiary/aromatic N) is 1. The largest absolute Gasteiger partial charge is 0.465 e. The number of amides is 1. The van der Waals surface area contributed by atoms with Gasteiger partial charge in [-0.1, -0.05) is 0 Å². The maximum absolute atomic E-state index is 14.4. The molecule has 0 N–H and O–H groups in total. The highest BCUT2D eigenvalue weighted by molar-refractivity contribution is 9.10. The molecule has 1 saturated carbocycles. The molecule has 1 spiro atoms. The van der Waals surface area contributed by atoms with E-state index in [1.807, 2.05) is 0 Å². The predicted octanol–water partition coefficient (Wildman–Crippen LogP) is 2.59. The lowest BCUT2D eigenvalue weighted by Gasteiger charge is -2.34. The summed E-state index contributed by atoms with van der Waals surface area (Å²) < 4.78 is 33.4. The van der Waals surface area contributed by atoms with Crippen molar-refractivity contribution < 1.29 is 23.1 Å². The van der Waals surface area contributed by atoms with Crippen LogP contribution in [0.2, 0.25) is 0 Å². The van der Waals surface area contributed by atoms with E-state index >= 15 is 0 Å². The van der Waals surface area contributed by atoms with Crippen LogP contribution in [-0.2, 0) is 14.9 Å². The molecular weight excluding hydrogens is 360 g/mol. The number of hydrogen-bond acceptors (Lipinski definition) is 3. The van der Waals surface area contributed by atoms with Gasteiger partial charge in [0.1, 0.15) is 18.5 Å². The van der Waals surface area contributed by atoms with Crippen molar-refractivity contribution in [1.29, 1.82) is 0 Å². The smallest absolute Gasteiger partial charge is 0.325 e. The van der Waals surface area contributed by atoms with Crippen molar-refractivity contribution in [3.8, 4) is 0 Å². The molecule has 22 heavy (non-hydrogen) atoms. The van der Waals surface area contributed by atoms with Crippen LogP contribution in [0.25, 0.3) is 0 Å². The number of rotatable bonds is 3. The van der Waals surface area contributed by atoms with Gasteiger partial charge < -0.3 is 9.64 Å². The fourth-order valence-corrected chi connectivity index (χ4v) is 3.38. The Morgan fingerprint density at radius 1 is 1.55 bits per heavy atom. The second-order valence-electron chi connectivity index (χ2n) is 5.58. The van der Waals surface area contributed by atoms with E-state index in [-0.39, 0.29) is 41.7 Å². The van der Waals surface area contributed by atoms with Crippen LogP contribution in [0.3, 0.4) is 0 Å². The summed E-state index contributed by atoms with van der Waals surface area (Å²) in [6.07, 6.45) is -1.06. The van der Waals surface area contributed by atoms with Crippen LogP contribution in [0, 0.1) is 5.82 Å². The molecule has 1 aromatic rings. The Labute approximate surface area is 134 Å².